The number of unbranched alkanes of at least 4 members (excludes halogenated alkanes) is 7. The Kier molecular flexibility index (Phi) is 15.0. The van der Waals surface area contributed by atoms with E-state index in [9.17, 15) is 10.2 Å². The van der Waals surface area contributed by atoms with Crippen molar-refractivity contribution in [2.75, 3.05) is 13.1 Å². The second-order valence-electron chi connectivity index (χ2n) is 7.34. The first-order valence-electron chi connectivity index (χ1n) is 10.1. The fourth-order valence-electron chi connectivity index (χ4n) is 3.15. The second-order valence-corrected chi connectivity index (χ2v) is 7.34. The van der Waals surface area contributed by atoms with Gasteiger partial charge in [0.25, 0.3) is 0 Å². The lowest BCUT2D eigenvalue weighted by atomic mass is 10.0. The standard InChI is InChI=1S/C20H43N2O2/c1-5-6-7-8-9-10-11-12-13-17(2)22(18(3)19(4)23)15-14-20(24)16-21/h17-20,23-24H,3,5-16,21H2,1-2,4H3. The average molecular weight is 344 g/mol. The van der Waals surface area contributed by atoms with E-state index in [4.69, 9.17) is 5.73 Å². The van der Waals surface area contributed by atoms with E-state index in [1.807, 2.05) is 0 Å². The lowest BCUT2D eigenvalue weighted by Gasteiger charge is -2.36. The number of nitrogens with zero attached hydrogens (tertiary/aromatic N) is 1. The molecule has 0 aromatic heterocycles. The summed E-state index contributed by atoms with van der Waals surface area (Å²) in [5, 5.41) is 19.6. The summed E-state index contributed by atoms with van der Waals surface area (Å²) < 4.78 is 0. The molecule has 4 unspecified atom stereocenters. The van der Waals surface area contributed by atoms with E-state index in [-0.39, 0.29) is 12.6 Å². The minimum Gasteiger partial charge on any atom is -0.392 e. The first kappa shape index (κ1) is 23.8. The van der Waals surface area contributed by atoms with E-state index in [0.717, 1.165) is 13.0 Å². The number of hydrogen-bond donors (Lipinski definition) is 3. The molecule has 4 heteroatoms. The van der Waals surface area contributed by atoms with Gasteiger partial charge in [0.05, 0.1) is 12.2 Å². The molecule has 4 nitrogen and oxygen atoms in total. The van der Waals surface area contributed by atoms with E-state index in [2.05, 4.69) is 25.7 Å². The van der Waals surface area contributed by atoms with Gasteiger partial charge in [0, 0.05) is 25.2 Å². The predicted octanol–water partition coefficient (Wildman–Crippen LogP) is 3.50. The Bertz CT molecular complexity index is 274. The fraction of sp³-hybridized carbons (Fsp3) is 0.950. The molecule has 0 heterocycles. The number of aliphatic hydroxyl groups is 2. The highest BCUT2D eigenvalue weighted by Gasteiger charge is 2.23. The zero-order valence-electron chi connectivity index (χ0n) is 16.4. The lowest BCUT2D eigenvalue weighted by Crippen LogP contribution is -2.47. The molecule has 0 aliphatic carbocycles. The Morgan fingerprint density at radius 1 is 0.917 bits per heavy atom. The fourth-order valence-corrected chi connectivity index (χ4v) is 3.15. The van der Waals surface area contributed by atoms with Crippen molar-refractivity contribution in [1.82, 2.24) is 4.90 Å². The number of hydrogen-bond acceptors (Lipinski definition) is 4. The van der Waals surface area contributed by atoms with Crippen LogP contribution in [0.1, 0.15) is 85.0 Å². The van der Waals surface area contributed by atoms with Crippen molar-refractivity contribution in [3.05, 3.63) is 6.92 Å². The molecule has 0 bridgehead atoms. The Morgan fingerprint density at radius 3 is 1.96 bits per heavy atom. The molecule has 145 valence electrons. The van der Waals surface area contributed by atoms with Gasteiger partial charge in [-0.15, -0.1) is 0 Å². The molecule has 0 spiro atoms. The van der Waals surface area contributed by atoms with Gasteiger partial charge in [-0.05, 0) is 33.6 Å². The molecule has 0 aromatic rings. The van der Waals surface area contributed by atoms with Crippen LogP contribution in [0.25, 0.3) is 0 Å². The Balaban J connectivity index is 4.08. The van der Waals surface area contributed by atoms with Gasteiger partial charge in [-0.2, -0.15) is 0 Å². The van der Waals surface area contributed by atoms with Gasteiger partial charge >= 0.3 is 0 Å². The number of rotatable bonds is 16. The van der Waals surface area contributed by atoms with Crippen molar-refractivity contribution >= 4 is 0 Å². The molecule has 0 aliphatic rings. The molecule has 0 aromatic carbocycles. The largest absolute Gasteiger partial charge is 0.392 e. The van der Waals surface area contributed by atoms with Crippen molar-refractivity contribution in [2.45, 2.75) is 109 Å². The molecule has 4 atom stereocenters. The molecule has 0 saturated carbocycles. The van der Waals surface area contributed by atoms with Crippen molar-refractivity contribution in [1.29, 1.82) is 0 Å². The third-order valence-corrected chi connectivity index (χ3v) is 5.02. The second kappa shape index (κ2) is 15.1. The molecule has 0 fully saturated rings. The summed E-state index contributed by atoms with van der Waals surface area (Å²) in [6.45, 7) is 11.4. The van der Waals surface area contributed by atoms with Crippen molar-refractivity contribution in [3.8, 4) is 0 Å². The van der Waals surface area contributed by atoms with Crippen LogP contribution < -0.4 is 5.73 Å². The molecule has 1 radical (unpaired) electrons. The summed E-state index contributed by atoms with van der Waals surface area (Å²) in [7, 11) is 0. The van der Waals surface area contributed by atoms with Gasteiger partial charge < -0.3 is 15.9 Å². The van der Waals surface area contributed by atoms with E-state index < -0.39 is 12.2 Å². The predicted molar refractivity (Wildman–Crippen MR) is 104 cm³/mol. The van der Waals surface area contributed by atoms with E-state index >= 15 is 0 Å². The van der Waals surface area contributed by atoms with Crippen molar-refractivity contribution in [2.24, 2.45) is 5.73 Å². The maximum absolute atomic E-state index is 9.88. The van der Waals surface area contributed by atoms with Crippen LogP contribution in [0, 0.1) is 6.92 Å². The van der Waals surface area contributed by atoms with E-state index in [1.54, 1.807) is 6.92 Å². The van der Waals surface area contributed by atoms with Crippen LogP contribution >= 0.6 is 0 Å². The minimum absolute atomic E-state index is 0.140. The third-order valence-electron chi connectivity index (χ3n) is 5.02. The number of aliphatic hydroxyl groups excluding tert-OH is 2. The summed E-state index contributed by atoms with van der Waals surface area (Å²) >= 11 is 0. The monoisotopic (exact) mass is 343 g/mol. The van der Waals surface area contributed by atoms with Crippen LogP contribution in [-0.4, -0.2) is 52.5 Å². The highest BCUT2D eigenvalue weighted by molar-refractivity contribution is 4.83. The average Bonchev–Trinajstić information content (AvgIpc) is 2.56. The van der Waals surface area contributed by atoms with Crippen LogP contribution in [-0.2, 0) is 0 Å². The van der Waals surface area contributed by atoms with Crippen LogP contribution in [0.5, 0.6) is 0 Å². The maximum atomic E-state index is 9.88. The van der Waals surface area contributed by atoms with Gasteiger partial charge in [-0.25, -0.2) is 0 Å². The molecule has 0 saturated heterocycles. The zero-order chi connectivity index (χ0) is 18.4. The van der Waals surface area contributed by atoms with Crippen LogP contribution in [0.4, 0.5) is 0 Å². The summed E-state index contributed by atoms with van der Waals surface area (Å²) in [5.41, 5.74) is 5.49. The van der Waals surface area contributed by atoms with Gasteiger partial charge in [-0.3, -0.25) is 4.90 Å². The summed E-state index contributed by atoms with van der Waals surface area (Å²) in [6.07, 6.45) is 11.4. The summed E-state index contributed by atoms with van der Waals surface area (Å²) in [4.78, 5) is 2.23. The third kappa shape index (κ3) is 11.4. The zero-order valence-corrected chi connectivity index (χ0v) is 16.4. The van der Waals surface area contributed by atoms with Crippen LogP contribution in [0.15, 0.2) is 0 Å². The first-order valence-corrected chi connectivity index (χ1v) is 10.1. The molecule has 0 amide bonds. The quantitative estimate of drug-likeness (QED) is 0.375. The summed E-state index contributed by atoms with van der Waals surface area (Å²) in [5.74, 6) is 0. The normalized spacial score (nSPS) is 17.0. The molecule has 4 N–H and O–H groups in total. The molecular formula is C20H43N2O2. The molecule has 24 heavy (non-hydrogen) atoms. The van der Waals surface area contributed by atoms with Gasteiger partial charge in [-0.1, -0.05) is 58.3 Å². The van der Waals surface area contributed by atoms with Gasteiger partial charge in [0.2, 0.25) is 0 Å². The molecule has 0 rings (SSSR count). The van der Waals surface area contributed by atoms with Crippen LogP contribution in [0.2, 0.25) is 0 Å². The Hall–Kier alpha value is -0.160. The Labute approximate surface area is 150 Å². The van der Waals surface area contributed by atoms with Crippen molar-refractivity contribution in [3.63, 3.8) is 0 Å². The Morgan fingerprint density at radius 2 is 1.46 bits per heavy atom. The summed E-state index contributed by atoms with van der Waals surface area (Å²) in [6, 6.07) is 0.228. The minimum atomic E-state index is -0.471. The number of nitrogens with two attached hydrogens (primary N) is 1. The first-order chi connectivity index (χ1) is 11.4. The van der Waals surface area contributed by atoms with E-state index in [1.165, 1.54) is 51.4 Å². The SMILES string of the molecule is [CH2]C(C(C)O)N(CCC(O)CN)C(C)CCCCCCCCCC. The maximum Gasteiger partial charge on any atom is 0.0674 e. The molecular weight excluding hydrogens is 300 g/mol. The lowest BCUT2D eigenvalue weighted by molar-refractivity contribution is 0.0453. The molecule has 0 aliphatic heterocycles. The van der Waals surface area contributed by atoms with Crippen molar-refractivity contribution < 1.29 is 10.2 Å². The van der Waals surface area contributed by atoms with E-state index in [0.29, 0.717) is 12.5 Å². The van der Waals surface area contributed by atoms with Gasteiger partial charge in [0.1, 0.15) is 0 Å². The van der Waals surface area contributed by atoms with Crippen LogP contribution in [0.3, 0.4) is 0 Å². The highest BCUT2D eigenvalue weighted by Crippen LogP contribution is 2.17. The topological polar surface area (TPSA) is 69.7 Å². The smallest absolute Gasteiger partial charge is 0.0674 e. The van der Waals surface area contributed by atoms with Gasteiger partial charge in [0.15, 0.2) is 0 Å². The highest BCUT2D eigenvalue weighted by atomic mass is 16.3.